The fraction of sp³-hybridized carbons (Fsp3) is 0.150. The average Bonchev–Trinajstić information content (AvgIpc) is 2.94. The highest BCUT2D eigenvalue weighted by molar-refractivity contribution is 8.15. The Morgan fingerprint density at radius 2 is 1.88 bits per heavy atom. The molecule has 1 aliphatic heterocycles. The van der Waals surface area contributed by atoms with Crippen molar-refractivity contribution in [3.63, 3.8) is 0 Å². The largest absolute Gasteiger partial charge is 0.285 e. The number of benzene rings is 2. The van der Waals surface area contributed by atoms with Crippen molar-refractivity contribution in [1.29, 1.82) is 0 Å². The number of thioether (sulfide) groups is 1. The fourth-order valence-electron chi connectivity index (χ4n) is 2.56. The lowest BCUT2D eigenvalue weighted by Crippen LogP contribution is -2.32. The summed E-state index contributed by atoms with van der Waals surface area (Å²) in [6.45, 7) is 4.13. The summed E-state index contributed by atoms with van der Waals surface area (Å²) in [5.74, 6) is 0.00322. The summed E-state index contributed by atoms with van der Waals surface area (Å²) >= 11 is 7.64. The summed E-state index contributed by atoms with van der Waals surface area (Å²) in [7, 11) is 0. The van der Waals surface area contributed by atoms with Gasteiger partial charge in [0, 0.05) is 11.6 Å². The maximum atomic E-state index is 12.7. The zero-order valence-corrected chi connectivity index (χ0v) is 15.7. The highest BCUT2D eigenvalue weighted by Crippen LogP contribution is 2.31. The lowest BCUT2D eigenvalue weighted by Gasteiger charge is -2.13. The summed E-state index contributed by atoms with van der Waals surface area (Å²) in [4.78, 5) is 14.3. The first-order valence-corrected chi connectivity index (χ1v) is 9.43. The van der Waals surface area contributed by atoms with E-state index in [0.717, 1.165) is 11.1 Å². The van der Waals surface area contributed by atoms with Crippen molar-refractivity contribution < 1.29 is 4.79 Å². The highest BCUT2D eigenvalue weighted by atomic mass is 35.5. The Kier molecular flexibility index (Phi) is 6.26. The molecule has 26 heavy (non-hydrogen) atoms. The molecule has 1 atom stereocenters. The number of hydrogen-bond donors (Lipinski definition) is 0. The average molecular weight is 384 g/mol. The maximum absolute atomic E-state index is 12.7. The molecule has 1 aliphatic rings. The van der Waals surface area contributed by atoms with Crippen LogP contribution in [0.4, 0.5) is 0 Å². The van der Waals surface area contributed by atoms with Crippen LogP contribution in [0.3, 0.4) is 0 Å². The lowest BCUT2D eigenvalue weighted by molar-refractivity contribution is -0.125. The van der Waals surface area contributed by atoms with Crippen LogP contribution in [-0.2, 0) is 11.2 Å². The van der Waals surface area contributed by atoms with Crippen LogP contribution in [0.25, 0.3) is 0 Å². The summed E-state index contributed by atoms with van der Waals surface area (Å²) in [5, 5.41) is 9.38. The van der Waals surface area contributed by atoms with E-state index in [1.165, 1.54) is 11.8 Å². The number of amides is 1. The van der Waals surface area contributed by atoms with Crippen LogP contribution >= 0.6 is 23.4 Å². The van der Waals surface area contributed by atoms with E-state index in [0.29, 0.717) is 23.2 Å². The van der Waals surface area contributed by atoms with Gasteiger partial charge in [-0.15, -0.1) is 11.7 Å². The Hall–Kier alpha value is -2.37. The zero-order valence-electron chi connectivity index (χ0n) is 14.1. The summed E-state index contributed by atoms with van der Waals surface area (Å²) in [6.07, 6.45) is 3.91. The van der Waals surface area contributed by atoms with Crippen LogP contribution in [0.2, 0.25) is 5.02 Å². The molecule has 1 saturated heterocycles. The van der Waals surface area contributed by atoms with Gasteiger partial charge in [-0.1, -0.05) is 78.0 Å². The number of halogens is 1. The van der Waals surface area contributed by atoms with Gasteiger partial charge in [0.1, 0.15) is 0 Å². The fourth-order valence-corrected chi connectivity index (χ4v) is 3.91. The lowest BCUT2D eigenvalue weighted by atomic mass is 10.1. The van der Waals surface area contributed by atoms with Gasteiger partial charge in [-0.25, -0.2) is 0 Å². The first kappa shape index (κ1) is 18.4. The minimum absolute atomic E-state index is 0.00322. The van der Waals surface area contributed by atoms with Crippen molar-refractivity contribution in [1.82, 2.24) is 4.90 Å². The molecule has 4 nitrogen and oxygen atoms in total. The number of nitrogens with zero attached hydrogens (tertiary/aromatic N) is 3. The van der Waals surface area contributed by atoms with Crippen molar-refractivity contribution >= 4 is 40.7 Å². The highest BCUT2D eigenvalue weighted by Gasteiger charge is 2.37. The molecule has 1 heterocycles. The zero-order chi connectivity index (χ0) is 18.4. The molecule has 0 spiro atoms. The van der Waals surface area contributed by atoms with Gasteiger partial charge in [-0.05, 0) is 23.6 Å². The molecule has 0 aliphatic carbocycles. The minimum atomic E-state index is -0.263. The number of carbonyl (C=O) groups excluding carboxylic acids is 1. The van der Waals surface area contributed by atoms with Crippen molar-refractivity contribution in [3.05, 3.63) is 83.4 Å². The molecule has 6 heteroatoms. The number of carbonyl (C=O) groups is 1. The Morgan fingerprint density at radius 1 is 1.15 bits per heavy atom. The van der Waals surface area contributed by atoms with Gasteiger partial charge < -0.3 is 0 Å². The molecule has 2 aromatic rings. The van der Waals surface area contributed by atoms with E-state index in [-0.39, 0.29) is 11.2 Å². The Balaban J connectivity index is 1.77. The smallest absolute Gasteiger partial charge is 0.242 e. The van der Waals surface area contributed by atoms with Gasteiger partial charge in [0.25, 0.3) is 0 Å². The van der Waals surface area contributed by atoms with E-state index in [1.807, 2.05) is 54.6 Å². The molecular weight excluding hydrogens is 366 g/mol. The van der Waals surface area contributed by atoms with Crippen LogP contribution < -0.4 is 0 Å². The maximum Gasteiger partial charge on any atom is 0.242 e. The number of rotatable bonds is 6. The van der Waals surface area contributed by atoms with Crippen molar-refractivity contribution in [2.45, 2.75) is 11.7 Å². The SMILES string of the molecule is C=CCN1C(=O)[C@H](Cc2ccccc2Cl)S/C1=N\N=C/c1ccccc1. The first-order valence-electron chi connectivity index (χ1n) is 8.17. The second kappa shape index (κ2) is 8.83. The van der Waals surface area contributed by atoms with Crippen molar-refractivity contribution in [3.8, 4) is 0 Å². The van der Waals surface area contributed by atoms with Crippen LogP contribution in [-0.4, -0.2) is 34.0 Å². The van der Waals surface area contributed by atoms with Crippen LogP contribution in [0.5, 0.6) is 0 Å². The second-order valence-corrected chi connectivity index (χ2v) is 7.25. The van der Waals surface area contributed by atoms with Gasteiger partial charge in [0.05, 0.1) is 11.5 Å². The third-order valence-corrected chi connectivity index (χ3v) is 5.38. The minimum Gasteiger partial charge on any atom is -0.285 e. The molecule has 3 rings (SSSR count). The van der Waals surface area contributed by atoms with Crippen LogP contribution in [0, 0.1) is 0 Å². The van der Waals surface area contributed by atoms with E-state index in [4.69, 9.17) is 11.6 Å². The molecular formula is C20H18ClN3OS. The Morgan fingerprint density at radius 3 is 2.62 bits per heavy atom. The predicted molar refractivity (Wildman–Crippen MR) is 110 cm³/mol. The molecule has 132 valence electrons. The quantitative estimate of drug-likeness (QED) is 0.421. The normalized spacial score (nSPS) is 18.8. The first-order chi connectivity index (χ1) is 12.7. The summed E-state index contributed by atoms with van der Waals surface area (Å²) < 4.78 is 0. The van der Waals surface area contributed by atoms with Gasteiger partial charge in [0.15, 0.2) is 5.17 Å². The third kappa shape index (κ3) is 4.42. The second-order valence-electron chi connectivity index (χ2n) is 5.68. The van der Waals surface area contributed by atoms with Gasteiger partial charge in [0.2, 0.25) is 5.91 Å². The number of hydrogen-bond acceptors (Lipinski definition) is 4. The molecule has 0 aromatic heterocycles. The molecule has 0 bridgehead atoms. The predicted octanol–water partition coefficient (Wildman–Crippen LogP) is 4.40. The van der Waals surface area contributed by atoms with Crippen molar-refractivity contribution in [2.24, 2.45) is 10.2 Å². The van der Waals surface area contributed by atoms with E-state index in [9.17, 15) is 4.79 Å². The standard InChI is InChI=1S/C20H18ClN3OS/c1-2-12-24-19(25)18(13-16-10-6-7-11-17(16)21)26-20(24)23-22-14-15-8-4-3-5-9-15/h2-11,14,18H,1,12-13H2/b22-14-,23-20-/t18-/m0/s1. The summed E-state index contributed by atoms with van der Waals surface area (Å²) in [6, 6.07) is 17.3. The molecule has 0 N–H and O–H groups in total. The third-order valence-electron chi connectivity index (χ3n) is 3.84. The monoisotopic (exact) mass is 383 g/mol. The molecule has 0 saturated carbocycles. The van der Waals surface area contributed by atoms with E-state index in [2.05, 4.69) is 16.8 Å². The Bertz CT molecular complexity index is 851. The van der Waals surface area contributed by atoms with Crippen molar-refractivity contribution in [2.75, 3.05) is 6.54 Å². The molecule has 1 fully saturated rings. The van der Waals surface area contributed by atoms with Crippen LogP contribution in [0.15, 0.2) is 77.5 Å². The van der Waals surface area contributed by atoms with Crippen LogP contribution in [0.1, 0.15) is 11.1 Å². The van der Waals surface area contributed by atoms with Gasteiger partial charge >= 0.3 is 0 Å². The van der Waals surface area contributed by atoms with E-state index < -0.39 is 0 Å². The number of amidine groups is 1. The molecule has 1 amide bonds. The molecule has 0 radical (unpaired) electrons. The van der Waals surface area contributed by atoms with E-state index in [1.54, 1.807) is 17.2 Å². The topological polar surface area (TPSA) is 45.0 Å². The van der Waals surface area contributed by atoms with Gasteiger partial charge in [-0.2, -0.15) is 5.10 Å². The van der Waals surface area contributed by atoms with Gasteiger partial charge in [-0.3, -0.25) is 9.69 Å². The summed E-state index contributed by atoms with van der Waals surface area (Å²) in [5.41, 5.74) is 1.90. The molecule has 0 unspecified atom stereocenters. The Labute approximate surface area is 162 Å². The molecule has 2 aromatic carbocycles. The van der Waals surface area contributed by atoms with E-state index >= 15 is 0 Å².